The van der Waals surface area contributed by atoms with E-state index in [-0.39, 0.29) is 0 Å². The third kappa shape index (κ3) is 7.20. The summed E-state index contributed by atoms with van der Waals surface area (Å²) in [5.41, 5.74) is 1.64. The van der Waals surface area contributed by atoms with Gasteiger partial charge in [0.15, 0.2) is 0 Å². The number of rotatable bonds is 4. The number of aliphatic carboxylic acids is 1. The Morgan fingerprint density at radius 2 is 1.83 bits per heavy atom. The molecule has 0 spiro atoms. The van der Waals surface area contributed by atoms with E-state index < -0.39 is 5.97 Å². The molecule has 0 aliphatic heterocycles. The molecule has 1 aromatic heterocycles. The van der Waals surface area contributed by atoms with Crippen LogP contribution in [0.5, 0.6) is 0 Å². The van der Waals surface area contributed by atoms with Crippen molar-refractivity contribution >= 4 is 33.1 Å². The summed E-state index contributed by atoms with van der Waals surface area (Å²) >= 11 is 1.77. The molecule has 2 aromatic rings. The first-order valence-electron chi connectivity index (χ1n) is 7.65. The predicted molar refractivity (Wildman–Crippen MR) is 104 cm³/mol. The number of nitrogens with one attached hydrogen (secondary N) is 1. The topological polar surface area (TPSA) is 61.2 Å². The summed E-state index contributed by atoms with van der Waals surface area (Å²) in [4.78, 5) is 10.2. The van der Waals surface area contributed by atoms with Crippen LogP contribution in [-0.4, -0.2) is 16.8 Å². The molecule has 0 unspecified atom stereocenters. The van der Waals surface area contributed by atoms with Crippen LogP contribution >= 0.6 is 11.3 Å². The Balaban J connectivity index is 0.000000648. The number of hydrogen-bond donors (Lipinski definition) is 2. The maximum Gasteiger partial charge on any atom is 0.300 e. The average Bonchev–Trinajstić information content (AvgIpc) is 2.60. The molecule has 0 atom stereocenters. The van der Waals surface area contributed by atoms with E-state index in [1.54, 1.807) is 11.3 Å². The van der Waals surface area contributed by atoms with Crippen LogP contribution in [-0.2, 0) is 4.79 Å². The summed E-state index contributed by atoms with van der Waals surface area (Å²) in [5, 5.41) is 16.8. The highest BCUT2D eigenvalue weighted by Gasteiger charge is 1.98. The molecule has 0 aliphatic rings. The Kier molecular flexibility index (Phi) is 8.44. The summed E-state index contributed by atoms with van der Waals surface area (Å²) in [6, 6.07) is 16.6. The van der Waals surface area contributed by atoms with Crippen molar-refractivity contribution in [2.45, 2.75) is 26.7 Å². The minimum absolute atomic E-state index is 0.662. The molecule has 1 heterocycles. The van der Waals surface area contributed by atoms with E-state index in [1.165, 1.54) is 15.0 Å². The van der Waals surface area contributed by atoms with E-state index in [0.29, 0.717) is 5.71 Å². The van der Waals surface area contributed by atoms with E-state index in [1.807, 2.05) is 24.3 Å². The average molecular weight is 341 g/mol. The van der Waals surface area contributed by atoms with Gasteiger partial charge in [-0.15, -0.1) is 17.9 Å². The Hall–Kier alpha value is -2.46. The van der Waals surface area contributed by atoms with Gasteiger partial charge in [-0.05, 0) is 42.8 Å². The minimum atomic E-state index is -0.833. The molecule has 3 nitrogen and oxygen atoms in total. The van der Waals surface area contributed by atoms with Crippen molar-refractivity contribution in [2.24, 2.45) is 0 Å². The van der Waals surface area contributed by atoms with Gasteiger partial charge in [-0.1, -0.05) is 42.5 Å². The third-order valence-corrected chi connectivity index (χ3v) is 4.13. The Labute approximate surface area is 147 Å². The Bertz CT molecular complexity index is 772. The third-order valence-electron chi connectivity index (χ3n) is 3.08. The zero-order valence-corrected chi connectivity index (χ0v) is 14.9. The maximum atomic E-state index is 9.00. The smallest absolute Gasteiger partial charge is 0.300 e. The normalized spacial score (nSPS) is 9.42. The molecule has 2 rings (SSSR count). The fourth-order valence-electron chi connectivity index (χ4n) is 1.95. The van der Waals surface area contributed by atoms with Crippen LogP contribution in [0.4, 0.5) is 0 Å². The second kappa shape index (κ2) is 10.3. The summed E-state index contributed by atoms with van der Waals surface area (Å²) in [7, 11) is 0. The summed E-state index contributed by atoms with van der Waals surface area (Å²) in [5.74, 6) is -0.833. The quantitative estimate of drug-likeness (QED) is 0.548. The molecule has 4 heteroatoms. The molecule has 24 heavy (non-hydrogen) atoms. The number of carboxylic acids is 1. The van der Waals surface area contributed by atoms with Crippen molar-refractivity contribution in [2.75, 3.05) is 0 Å². The highest BCUT2D eigenvalue weighted by Crippen LogP contribution is 2.19. The first kappa shape index (κ1) is 19.6. The summed E-state index contributed by atoms with van der Waals surface area (Å²) in [6.45, 7) is 6.91. The zero-order valence-electron chi connectivity index (χ0n) is 14.1. The summed E-state index contributed by atoms with van der Waals surface area (Å²) in [6.07, 6.45) is 3.44. The molecular formula is C20H23NO2S. The van der Waals surface area contributed by atoms with Crippen LogP contribution in [0.2, 0.25) is 0 Å². The van der Waals surface area contributed by atoms with Crippen molar-refractivity contribution < 1.29 is 9.90 Å². The van der Waals surface area contributed by atoms with E-state index in [9.17, 15) is 0 Å². The molecule has 0 saturated heterocycles. The first-order valence-corrected chi connectivity index (χ1v) is 8.47. The van der Waals surface area contributed by atoms with Crippen LogP contribution in [0.15, 0.2) is 61.2 Å². The Morgan fingerprint density at radius 3 is 2.50 bits per heavy atom. The second-order valence-corrected chi connectivity index (χ2v) is 6.49. The molecule has 0 fully saturated rings. The van der Waals surface area contributed by atoms with Crippen molar-refractivity contribution in [1.29, 1.82) is 5.41 Å². The highest BCUT2D eigenvalue weighted by molar-refractivity contribution is 7.18. The van der Waals surface area contributed by atoms with Gasteiger partial charge in [0.05, 0.1) is 0 Å². The molecule has 0 saturated carbocycles. The molecule has 126 valence electrons. The predicted octanol–water partition coefficient (Wildman–Crippen LogP) is 5.76. The molecule has 0 amide bonds. The van der Waals surface area contributed by atoms with Gasteiger partial charge < -0.3 is 10.5 Å². The standard InChI is InChI=1S/C18H19NS.C2H4O2/c1-3-4-8-17(19)15-11-10-14(2)20-18-9-6-5-7-16(18)13-12-15;1-2(3)4/h3,5-7,9-13,19H,1,4,8H2,2H3;1H3,(H,3,4). The van der Waals surface area contributed by atoms with E-state index in [4.69, 9.17) is 15.3 Å². The lowest BCUT2D eigenvalue weighted by molar-refractivity contribution is -0.134. The first-order chi connectivity index (χ1) is 11.4. The molecule has 1 aromatic carbocycles. The number of aryl methyl sites for hydroxylation is 1. The van der Waals surface area contributed by atoms with Crippen molar-refractivity contribution in [3.05, 3.63) is 71.6 Å². The van der Waals surface area contributed by atoms with Crippen LogP contribution < -0.4 is 0 Å². The SMILES string of the molecule is C=CCCC(=N)c1ccc(C)sc2ccccc2cc1.CC(=O)O. The van der Waals surface area contributed by atoms with Gasteiger partial charge in [-0.2, -0.15) is 0 Å². The zero-order chi connectivity index (χ0) is 17.9. The molecular weight excluding hydrogens is 318 g/mol. The van der Waals surface area contributed by atoms with Crippen molar-refractivity contribution in [3.63, 3.8) is 0 Å². The van der Waals surface area contributed by atoms with Gasteiger partial charge in [-0.3, -0.25) is 4.79 Å². The van der Waals surface area contributed by atoms with Gasteiger partial charge in [0, 0.05) is 22.2 Å². The monoisotopic (exact) mass is 341 g/mol. The van der Waals surface area contributed by atoms with E-state index >= 15 is 0 Å². The van der Waals surface area contributed by atoms with Crippen molar-refractivity contribution in [3.8, 4) is 0 Å². The van der Waals surface area contributed by atoms with E-state index in [2.05, 4.69) is 43.8 Å². The van der Waals surface area contributed by atoms with Gasteiger partial charge >= 0.3 is 0 Å². The van der Waals surface area contributed by atoms with Gasteiger partial charge in [-0.25, -0.2) is 0 Å². The van der Waals surface area contributed by atoms with Crippen LogP contribution in [0.25, 0.3) is 10.1 Å². The van der Waals surface area contributed by atoms with Crippen LogP contribution in [0.1, 0.15) is 30.2 Å². The lowest BCUT2D eigenvalue weighted by Gasteiger charge is -1.99. The lowest BCUT2D eigenvalue weighted by atomic mass is 10.1. The molecule has 0 aliphatic carbocycles. The van der Waals surface area contributed by atoms with Gasteiger partial charge in [0.25, 0.3) is 5.97 Å². The molecule has 0 bridgehead atoms. The number of carboxylic acid groups (broad SMARTS) is 1. The Morgan fingerprint density at radius 1 is 1.21 bits per heavy atom. The second-order valence-electron chi connectivity index (χ2n) is 5.20. The van der Waals surface area contributed by atoms with Crippen molar-refractivity contribution in [1.82, 2.24) is 0 Å². The van der Waals surface area contributed by atoms with Gasteiger partial charge in [0.2, 0.25) is 0 Å². The lowest BCUT2D eigenvalue weighted by Crippen LogP contribution is -1.96. The fourth-order valence-corrected chi connectivity index (χ4v) is 2.84. The summed E-state index contributed by atoms with van der Waals surface area (Å²) < 4.78 is 1.25. The minimum Gasteiger partial charge on any atom is -0.481 e. The largest absolute Gasteiger partial charge is 0.481 e. The van der Waals surface area contributed by atoms with Crippen LogP contribution in [0.3, 0.4) is 0 Å². The maximum absolute atomic E-state index is 9.00. The number of allylic oxidation sites excluding steroid dienone is 1. The van der Waals surface area contributed by atoms with E-state index in [0.717, 1.165) is 25.3 Å². The molecule has 0 radical (unpaired) electrons. The highest BCUT2D eigenvalue weighted by atomic mass is 32.1. The number of carbonyl (C=O) groups is 1. The van der Waals surface area contributed by atoms with Gasteiger partial charge in [0.1, 0.15) is 0 Å². The van der Waals surface area contributed by atoms with Crippen LogP contribution in [0, 0.1) is 12.3 Å². The fraction of sp³-hybridized carbons (Fsp3) is 0.200. The number of fused-ring (bicyclic) bond motifs is 1. The number of benzene rings is 1. The number of hydrogen-bond acceptors (Lipinski definition) is 3. The molecule has 2 N–H and O–H groups in total.